The van der Waals surface area contributed by atoms with E-state index in [9.17, 15) is 0 Å². The molecule has 4 heteroatoms. The van der Waals surface area contributed by atoms with Gasteiger partial charge in [-0.25, -0.2) is 9.97 Å². The third-order valence-electron chi connectivity index (χ3n) is 4.04. The maximum atomic E-state index is 5.29. The van der Waals surface area contributed by atoms with Crippen LogP contribution in [0.1, 0.15) is 13.3 Å². The van der Waals surface area contributed by atoms with Gasteiger partial charge in [-0.3, -0.25) is 0 Å². The topological polar surface area (TPSA) is 47.0 Å². The minimum atomic E-state index is 0.215. The second kappa shape index (κ2) is 8.40. The van der Waals surface area contributed by atoms with Crippen LogP contribution in [0.2, 0.25) is 0 Å². The zero-order valence-corrected chi connectivity index (χ0v) is 14.6. The number of benzene rings is 2. The third kappa shape index (κ3) is 4.43. The van der Waals surface area contributed by atoms with Crippen molar-refractivity contribution in [2.24, 2.45) is 0 Å². The molecule has 3 aromatic rings. The van der Waals surface area contributed by atoms with Gasteiger partial charge in [0, 0.05) is 24.3 Å². The summed E-state index contributed by atoms with van der Waals surface area (Å²) in [6, 6.07) is 22.4. The lowest BCUT2D eigenvalue weighted by molar-refractivity contribution is 0.184. The van der Waals surface area contributed by atoms with E-state index in [1.807, 2.05) is 54.6 Å². The van der Waals surface area contributed by atoms with E-state index in [1.54, 1.807) is 7.11 Å². The Morgan fingerprint density at radius 3 is 2.16 bits per heavy atom. The molecule has 0 amide bonds. The van der Waals surface area contributed by atoms with Crippen molar-refractivity contribution in [1.82, 2.24) is 9.97 Å². The summed E-state index contributed by atoms with van der Waals surface area (Å²) < 4.78 is 5.29. The van der Waals surface area contributed by atoms with Crippen LogP contribution < -0.4 is 5.32 Å². The van der Waals surface area contributed by atoms with Crippen LogP contribution in [0.15, 0.2) is 66.7 Å². The lowest BCUT2D eigenvalue weighted by Crippen LogP contribution is -2.24. The van der Waals surface area contributed by atoms with Crippen molar-refractivity contribution >= 4 is 5.82 Å². The lowest BCUT2D eigenvalue weighted by Gasteiger charge is -2.18. The fourth-order valence-electron chi connectivity index (χ4n) is 2.67. The molecule has 3 rings (SSSR count). The summed E-state index contributed by atoms with van der Waals surface area (Å²) >= 11 is 0. The van der Waals surface area contributed by atoms with Gasteiger partial charge in [-0.1, -0.05) is 67.6 Å². The maximum absolute atomic E-state index is 5.29. The molecule has 1 aromatic heterocycles. The highest BCUT2D eigenvalue weighted by Crippen LogP contribution is 2.24. The van der Waals surface area contributed by atoms with E-state index < -0.39 is 0 Å². The highest BCUT2D eigenvalue weighted by Gasteiger charge is 2.11. The van der Waals surface area contributed by atoms with Gasteiger partial charge in [0.05, 0.1) is 18.3 Å². The molecule has 0 aliphatic heterocycles. The summed E-state index contributed by atoms with van der Waals surface area (Å²) in [5.74, 6) is 1.54. The van der Waals surface area contributed by atoms with E-state index >= 15 is 0 Å². The van der Waals surface area contributed by atoms with Gasteiger partial charge in [-0.15, -0.1) is 0 Å². The molecule has 128 valence electrons. The Labute approximate surface area is 148 Å². The first-order valence-electron chi connectivity index (χ1n) is 8.55. The second-order valence-corrected chi connectivity index (χ2v) is 5.90. The van der Waals surface area contributed by atoms with Gasteiger partial charge in [0.1, 0.15) is 5.82 Å². The van der Waals surface area contributed by atoms with Crippen molar-refractivity contribution in [3.05, 3.63) is 66.7 Å². The molecule has 0 spiro atoms. The Bertz CT molecular complexity index is 733. The van der Waals surface area contributed by atoms with Gasteiger partial charge in [0.25, 0.3) is 0 Å². The largest absolute Gasteiger partial charge is 0.383 e. The number of methoxy groups -OCH3 is 1. The van der Waals surface area contributed by atoms with E-state index in [4.69, 9.17) is 14.7 Å². The molecule has 0 fully saturated rings. The predicted octanol–water partition coefficient (Wildman–Crippen LogP) is 4.65. The summed E-state index contributed by atoms with van der Waals surface area (Å²) in [5.41, 5.74) is 2.98. The van der Waals surface area contributed by atoms with Crippen LogP contribution in [-0.4, -0.2) is 29.7 Å². The predicted molar refractivity (Wildman–Crippen MR) is 102 cm³/mol. The van der Waals surface area contributed by atoms with E-state index in [0.717, 1.165) is 34.9 Å². The third-order valence-corrected chi connectivity index (χ3v) is 4.04. The number of hydrogen-bond acceptors (Lipinski definition) is 4. The van der Waals surface area contributed by atoms with Crippen LogP contribution in [0.3, 0.4) is 0 Å². The van der Waals surface area contributed by atoms with Gasteiger partial charge < -0.3 is 10.1 Å². The number of nitrogens with zero attached hydrogens (tertiary/aromatic N) is 2. The van der Waals surface area contributed by atoms with Gasteiger partial charge in [0.2, 0.25) is 0 Å². The Kier molecular flexibility index (Phi) is 5.75. The molecule has 0 radical (unpaired) electrons. The van der Waals surface area contributed by atoms with Crippen LogP contribution >= 0.6 is 0 Å². The van der Waals surface area contributed by atoms with E-state index in [2.05, 4.69) is 24.4 Å². The van der Waals surface area contributed by atoms with Crippen LogP contribution in [0, 0.1) is 0 Å². The molecule has 0 bridgehead atoms. The van der Waals surface area contributed by atoms with E-state index in [1.165, 1.54) is 0 Å². The Morgan fingerprint density at radius 1 is 0.920 bits per heavy atom. The molecule has 0 aliphatic carbocycles. The van der Waals surface area contributed by atoms with Crippen molar-refractivity contribution in [3.63, 3.8) is 0 Å². The van der Waals surface area contributed by atoms with Gasteiger partial charge >= 0.3 is 0 Å². The maximum Gasteiger partial charge on any atom is 0.162 e. The standard InChI is InChI=1S/C21H23N3O/c1-3-18(15-25-2)22-20-14-19(16-10-6-4-7-11-16)23-21(24-20)17-12-8-5-9-13-17/h4-14,18H,3,15H2,1-2H3,(H,22,23,24). The minimum absolute atomic E-state index is 0.215. The number of rotatable bonds is 7. The van der Waals surface area contributed by atoms with Crippen LogP contribution in [-0.2, 0) is 4.74 Å². The molecule has 0 aliphatic rings. The fourth-order valence-corrected chi connectivity index (χ4v) is 2.67. The molecule has 1 atom stereocenters. The Hall–Kier alpha value is -2.72. The summed E-state index contributed by atoms with van der Waals surface area (Å²) in [6.07, 6.45) is 0.958. The first-order chi connectivity index (χ1) is 12.3. The smallest absolute Gasteiger partial charge is 0.162 e. The van der Waals surface area contributed by atoms with Gasteiger partial charge in [-0.05, 0) is 6.42 Å². The second-order valence-electron chi connectivity index (χ2n) is 5.90. The molecule has 4 nitrogen and oxygen atoms in total. The zero-order valence-electron chi connectivity index (χ0n) is 14.6. The number of ether oxygens (including phenoxy) is 1. The van der Waals surface area contributed by atoms with Crippen molar-refractivity contribution in [1.29, 1.82) is 0 Å². The monoisotopic (exact) mass is 333 g/mol. The molecule has 2 aromatic carbocycles. The average Bonchev–Trinajstić information content (AvgIpc) is 2.69. The number of aromatic nitrogens is 2. The highest BCUT2D eigenvalue weighted by molar-refractivity contribution is 5.67. The summed E-state index contributed by atoms with van der Waals surface area (Å²) in [4.78, 5) is 9.49. The van der Waals surface area contributed by atoms with Gasteiger partial charge in [0.15, 0.2) is 5.82 Å². The van der Waals surface area contributed by atoms with Crippen molar-refractivity contribution in [3.8, 4) is 22.6 Å². The molecule has 1 heterocycles. The van der Waals surface area contributed by atoms with Crippen molar-refractivity contribution in [2.45, 2.75) is 19.4 Å². The lowest BCUT2D eigenvalue weighted by atomic mass is 10.1. The summed E-state index contributed by atoms with van der Waals surface area (Å²) in [7, 11) is 1.72. The van der Waals surface area contributed by atoms with Crippen molar-refractivity contribution < 1.29 is 4.74 Å². The molecule has 1 unspecified atom stereocenters. The normalized spacial score (nSPS) is 11.9. The Balaban J connectivity index is 2.02. The minimum Gasteiger partial charge on any atom is -0.383 e. The molecular weight excluding hydrogens is 310 g/mol. The molecular formula is C21H23N3O. The van der Waals surface area contributed by atoms with Crippen molar-refractivity contribution in [2.75, 3.05) is 19.0 Å². The quantitative estimate of drug-likeness (QED) is 0.684. The number of hydrogen-bond donors (Lipinski definition) is 1. The molecule has 0 saturated heterocycles. The molecule has 25 heavy (non-hydrogen) atoms. The number of nitrogens with one attached hydrogen (secondary N) is 1. The first-order valence-corrected chi connectivity index (χ1v) is 8.55. The fraction of sp³-hybridized carbons (Fsp3) is 0.238. The van der Waals surface area contributed by atoms with Gasteiger partial charge in [-0.2, -0.15) is 0 Å². The summed E-state index contributed by atoms with van der Waals surface area (Å²) in [6.45, 7) is 2.77. The van der Waals surface area contributed by atoms with Crippen LogP contribution in [0.25, 0.3) is 22.6 Å². The zero-order chi connectivity index (χ0) is 17.5. The SMILES string of the molecule is CCC(COC)Nc1cc(-c2ccccc2)nc(-c2ccccc2)n1. The van der Waals surface area contributed by atoms with Crippen LogP contribution in [0.4, 0.5) is 5.82 Å². The van der Waals surface area contributed by atoms with Crippen LogP contribution in [0.5, 0.6) is 0 Å². The number of anilines is 1. The van der Waals surface area contributed by atoms with E-state index in [0.29, 0.717) is 6.61 Å². The van der Waals surface area contributed by atoms with E-state index in [-0.39, 0.29) is 6.04 Å². The average molecular weight is 333 g/mol. The highest BCUT2D eigenvalue weighted by atomic mass is 16.5. The Morgan fingerprint density at radius 2 is 1.56 bits per heavy atom. The first kappa shape index (κ1) is 17.1. The molecule has 0 saturated carbocycles. The summed E-state index contributed by atoms with van der Waals surface area (Å²) in [5, 5.41) is 3.47. The molecule has 1 N–H and O–H groups in total.